The summed E-state index contributed by atoms with van der Waals surface area (Å²) in [6, 6.07) is 0.106. The zero-order valence-electron chi connectivity index (χ0n) is 14.7. The number of aliphatic hydroxyl groups is 1. The second kappa shape index (κ2) is 8.44. The van der Waals surface area contributed by atoms with Crippen molar-refractivity contribution in [2.75, 3.05) is 26.3 Å². The summed E-state index contributed by atoms with van der Waals surface area (Å²) in [5, 5.41) is 9.12. The minimum absolute atomic E-state index is 0.106. The SMILES string of the molecule is C/C=C(\C)C(=O)OC1CCN2CCC(COC(=O)/C(=C/C)CO)C12. The van der Waals surface area contributed by atoms with E-state index in [9.17, 15) is 9.59 Å². The Morgan fingerprint density at radius 2 is 1.88 bits per heavy atom. The summed E-state index contributed by atoms with van der Waals surface area (Å²) in [4.78, 5) is 26.2. The van der Waals surface area contributed by atoms with Crippen LogP contribution in [-0.2, 0) is 19.1 Å². The van der Waals surface area contributed by atoms with E-state index in [-0.39, 0.29) is 42.8 Å². The largest absolute Gasteiger partial charge is 0.462 e. The fourth-order valence-electron chi connectivity index (χ4n) is 3.42. The first-order chi connectivity index (χ1) is 11.5. The van der Waals surface area contributed by atoms with Crippen molar-refractivity contribution in [2.24, 2.45) is 5.92 Å². The van der Waals surface area contributed by atoms with Gasteiger partial charge in [-0.1, -0.05) is 12.2 Å². The molecule has 0 spiro atoms. The summed E-state index contributed by atoms with van der Waals surface area (Å²) in [7, 11) is 0. The quantitative estimate of drug-likeness (QED) is 0.584. The van der Waals surface area contributed by atoms with Crippen molar-refractivity contribution in [3.63, 3.8) is 0 Å². The maximum Gasteiger partial charge on any atom is 0.336 e. The molecule has 3 atom stereocenters. The molecule has 6 nitrogen and oxygen atoms in total. The Morgan fingerprint density at radius 3 is 2.50 bits per heavy atom. The first kappa shape index (κ1) is 18.7. The number of hydrogen-bond acceptors (Lipinski definition) is 6. The van der Waals surface area contributed by atoms with Gasteiger partial charge in [-0.05, 0) is 40.2 Å². The monoisotopic (exact) mass is 337 g/mol. The predicted molar refractivity (Wildman–Crippen MR) is 89.2 cm³/mol. The van der Waals surface area contributed by atoms with Crippen LogP contribution < -0.4 is 0 Å². The Morgan fingerprint density at radius 1 is 1.17 bits per heavy atom. The number of carbonyl (C=O) groups excluding carboxylic acids is 2. The number of fused-ring (bicyclic) bond motifs is 1. The Labute approximate surface area is 143 Å². The van der Waals surface area contributed by atoms with Gasteiger partial charge in [0.05, 0.1) is 24.8 Å². The highest BCUT2D eigenvalue weighted by molar-refractivity contribution is 5.88. The van der Waals surface area contributed by atoms with Gasteiger partial charge in [0.1, 0.15) is 6.10 Å². The average molecular weight is 337 g/mol. The van der Waals surface area contributed by atoms with Crippen LogP contribution in [0.1, 0.15) is 33.6 Å². The lowest BCUT2D eigenvalue weighted by Gasteiger charge is -2.26. The summed E-state index contributed by atoms with van der Waals surface area (Å²) in [6.45, 7) is 7.05. The van der Waals surface area contributed by atoms with Crippen molar-refractivity contribution in [3.8, 4) is 0 Å². The Bertz CT molecular complexity index is 540. The lowest BCUT2D eigenvalue weighted by molar-refractivity contribution is -0.148. The summed E-state index contributed by atoms with van der Waals surface area (Å²) < 4.78 is 11.0. The number of nitrogens with zero attached hydrogens (tertiary/aromatic N) is 1. The lowest BCUT2D eigenvalue weighted by Crippen LogP contribution is -2.38. The van der Waals surface area contributed by atoms with Crippen LogP contribution in [0.5, 0.6) is 0 Å². The molecule has 0 aromatic heterocycles. The van der Waals surface area contributed by atoms with Crippen LogP contribution in [-0.4, -0.2) is 60.4 Å². The number of allylic oxidation sites excluding steroid dienone is 2. The normalized spacial score (nSPS) is 27.9. The van der Waals surface area contributed by atoms with E-state index in [1.165, 1.54) is 0 Å². The van der Waals surface area contributed by atoms with Gasteiger partial charge in [-0.15, -0.1) is 0 Å². The minimum atomic E-state index is -0.477. The molecule has 3 unspecified atom stereocenters. The smallest absolute Gasteiger partial charge is 0.336 e. The third-order valence-electron chi connectivity index (χ3n) is 5.00. The maximum absolute atomic E-state index is 12.0. The van der Waals surface area contributed by atoms with Gasteiger partial charge in [0.15, 0.2) is 0 Å². The third kappa shape index (κ3) is 4.05. The van der Waals surface area contributed by atoms with Crippen LogP contribution in [0.25, 0.3) is 0 Å². The van der Waals surface area contributed by atoms with Gasteiger partial charge in [-0.2, -0.15) is 0 Å². The highest BCUT2D eigenvalue weighted by Gasteiger charge is 2.46. The van der Waals surface area contributed by atoms with E-state index in [2.05, 4.69) is 4.90 Å². The van der Waals surface area contributed by atoms with Crippen LogP contribution in [0, 0.1) is 5.92 Å². The molecule has 2 heterocycles. The molecule has 2 aliphatic rings. The molecular weight excluding hydrogens is 310 g/mol. The summed E-state index contributed by atoms with van der Waals surface area (Å²) >= 11 is 0. The van der Waals surface area contributed by atoms with Crippen molar-refractivity contribution < 1.29 is 24.2 Å². The molecule has 1 N–H and O–H groups in total. The summed E-state index contributed by atoms with van der Waals surface area (Å²) in [6.07, 6.45) is 4.88. The van der Waals surface area contributed by atoms with Crippen LogP contribution in [0.4, 0.5) is 0 Å². The standard InChI is InChI=1S/C18H27NO5/c1-4-12(3)17(21)24-15-7-9-19-8-6-14(16(15)19)11-23-18(22)13(5-2)10-20/h4-5,14-16,20H,6-11H2,1-3H3/b12-4+,13-5+. The molecule has 2 aliphatic heterocycles. The van der Waals surface area contributed by atoms with E-state index in [4.69, 9.17) is 14.6 Å². The number of aliphatic hydroxyl groups excluding tert-OH is 1. The molecule has 2 fully saturated rings. The molecule has 0 aliphatic carbocycles. The van der Waals surface area contributed by atoms with E-state index in [1.807, 2.05) is 6.92 Å². The molecule has 2 rings (SSSR count). The number of ether oxygens (including phenoxy) is 2. The van der Waals surface area contributed by atoms with Crippen molar-refractivity contribution in [1.29, 1.82) is 0 Å². The Hall–Kier alpha value is -1.66. The number of hydrogen-bond donors (Lipinski definition) is 1. The van der Waals surface area contributed by atoms with E-state index in [0.717, 1.165) is 25.9 Å². The van der Waals surface area contributed by atoms with Gasteiger partial charge < -0.3 is 14.6 Å². The first-order valence-corrected chi connectivity index (χ1v) is 8.52. The van der Waals surface area contributed by atoms with Crippen molar-refractivity contribution in [3.05, 3.63) is 23.3 Å². The molecule has 0 bridgehead atoms. The van der Waals surface area contributed by atoms with Gasteiger partial charge in [-0.25, -0.2) is 9.59 Å². The fraction of sp³-hybridized carbons (Fsp3) is 0.667. The van der Waals surface area contributed by atoms with E-state index < -0.39 is 5.97 Å². The second-order valence-electron chi connectivity index (χ2n) is 6.35. The molecule has 0 aromatic carbocycles. The average Bonchev–Trinajstić information content (AvgIpc) is 3.16. The van der Waals surface area contributed by atoms with Gasteiger partial charge in [0.2, 0.25) is 0 Å². The predicted octanol–water partition coefficient (Wildman–Crippen LogP) is 1.44. The zero-order valence-corrected chi connectivity index (χ0v) is 14.7. The molecule has 0 radical (unpaired) electrons. The molecule has 0 saturated carbocycles. The molecule has 0 aromatic rings. The molecule has 24 heavy (non-hydrogen) atoms. The minimum Gasteiger partial charge on any atom is -0.462 e. The number of esters is 2. The highest BCUT2D eigenvalue weighted by atomic mass is 16.5. The van der Waals surface area contributed by atoms with Crippen molar-refractivity contribution >= 4 is 11.9 Å². The topological polar surface area (TPSA) is 76.1 Å². The third-order valence-corrected chi connectivity index (χ3v) is 5.00. The summed E-state index contributed by atoms with van der Waals surface area (Å²) in [5.74, 6) is -0.602. The fourth-order valence-corrected chi connectivity index (χ4v) is 3.42. The van der Waals surface area contributed by atoms with Gasteiger partial charge in [-0.3, -0.25) is 4.90 Å². The van der Waals surface area contributed by atoms with Crippen LogP contribution in [0.3, 0.4) is 0 Å². The Kier molecular flexibility index (Phi) is 6.57. The van der Waals surface area contributed by atoms with E-state index in [1.54, 1.807) is 26.0 Å². The van der Waals surface area contributed by atoms with Crippen molar-refractivity contribution in [2.45, 2.75) is 45.8 Å². The lowest BCUT2D eigenvalue weighted by atomic mass is 9.97. The first-order valence-electron chi connectivity index (χ1n) is 8.52. The van der Waals surface area contributed by atoms with Crippen LogP contribution >= 0.6 is 0 Å². The maximum atomic E-state index is 12.0. The van der Waals surface area contributed by atoms with E-state index >= 15 is 0 Å². The second-order valence-corrected chi connectivity index (χ2v) is 6.35. The molecule has 134 valence electrons. The van der Waals surface area contributed by atoms with E-state index in [0.29, 0.717) is 5.57 Å². The van der Waals surface area contributed by atoms with Crippen molar-refractivity contribution in [1.82, 2.24) is 4.90 Å². The van der Waals surface area contributed by atoms with Crippen LogP contribution in [0.2, 0.25) is 0 Å². The molecule has 2 saturated heterocycles. The number of carbonyl (C=O) groups is 2. The van der Waals surface area contributed by atoms with Gasteiger partial charge in [0.25, 0.3) is 0 Å². The zero-order chi connectivity index (χ0) is 17.7. The molecule has 0 amide bonds. The summed E-state index contributed by atoms with van der Waals surface area (Å²) in [5.41, 5.74) is 0.873. The number of rotatable bonds is 6. The molecular formula is C18H27NO5. The Balaban J connectivity index is 1.95. The molecule has 6 heteroatoms. The highest BCUT2D eigenvalue weighted by Crippen LogP contribution is 2.35. The van der Waals surface area contributed by atoms with Crippen LogP contribution in [0.15, 0.2) is 23.3 Å². The van der Waals surface area contributed by atoms with Gasteiger partial charge >= 0.3 is 11.9 Å². The van der Waals surface area contributed by atoms with Gasteiger partial charge in [0, 0.05) is 18.0 Å².